The van der Waals surface area contributed by atoms with Gasteiger partial charge in [-0.15, -0.1) is 0 Å². The van der Waals surface area contributed by atoms with Gasteiger partial charge in [0.15, 0.2) is 0 Å². The van der Waals surface area contributed by atoms with E-state index >= 15 is 0 Å². The number of hydrogen-bond donors (Lipinski definition) is 1. The highest BCUT2D eigenvalue weighted by atomic mass is 32.2. The van der Waals surface area contributed by atoms with Crippen LogP contribution in [0.4, 0.5) is 0 Å². The third-order valence-electron chi connectivity index (χ3n) is 2.10. The van der Waals surface area contributed by atoms with Crippen molar-refractivity contribution in [2.45, 2.75) is 45.1 Å². The molecule has 0 radical (unpaired) electrons. The van der Waals surface area contributed by atoms with Gasteiger partial charge in [-0.2, -0.15) is 16.9 Å². The Morgan fingerprint density at radius 2 is 2.27 bits per heavy atom. The van der Waals surface area contributed by atoms with E-state index in [-0.39, 0.29) is 6.10 Å². The van der Waals surface area contributed by atoms with Gasteiger partial charge in [0.25, 0.3) is 0 Å². The summed E-state index contributed by atoms with van der Waals surface area (Å²) >= 11 is 1.79. The van der Waals surface area contributed by atoms with E-state index in [0.29, 0.717) is 11.7 Å². The lowest BCUT2D eigenvalue weighted by Crippen LogP contribution is -2.14. The van der Waals surface area contributed by atoms with Crippen molar-refractivity contribution in [2.75, 3.05) is 5.75 Å². The fourth-order valence-electron chi connectivity index (χ4n) is 1.32. The number of thioether (sulfide) groups is 1. The van der Waals surface area contributed by atoms with Gasteiger partial charge in [0, 0.05) is 24.9 Å². The molecule has 0 aromatic carbocycles. The molecule has 1 N–H and O–H groups in total. The van der Waals surface area contributed by atoms with Crippen LogP contribution in [-0.4, -0.2) is 32.0 Å². The smallest absolute Gasteiger partial charge is 0.0672 e. The van der Waals surface area contributed by atoms with Gasteiger partial charge in [-0.3, -0.25) is 4.68 Å². The van der Waals surface area contributed by atoms with E-state index in [2.05, 4.69) is 25.9 Å². The van der Waals surface area contributed by atoms with Crippen molar-refractivity contribution in [3.05, 3.63) is 18.0 Å². The molecular formula is C11H20N2OS. The highest BCUT2D eigenvalue weighted by molar-refractivity contribution is 7.99. The Kier molecular flexibility index (Phi) is 5.19. The zero-order valence-corrected chi connectivity index (χ0v) is 10.5. The molecule has 0 aliphatic carbocycles. The minimum Gasteiger partial charge on any atom is -0.392 e. The number of rotatable bonds is 6. The summed E-state index contributed by atoms with van der Waals surface area (Å²) in [5.74, 6) is 0.801. The van der Waals surface area contributed by atoms with Crippen molar-refractivity contribution in [3.8, 4) is 0 Å². The van der Waals surface area contributed by atoms with Gasteiger partial charge in [0.2, 0.25) is 0 Å². The summed E-state index contributed by atoms with van der Waals surface area (Å²) in [4.78, 5) is 0. The topological polar surface area (TPSA) is 38.0 Å². The molecule has 0 bridgehead atoms. The zero-order chi connectivity index (χ0) is 11.3. The monoisotopic (exact) mass is 228 g/mol. The largest absolute Gasteiger partial charge is 0.392 e. The quantitative estimate of drug-likeness (QED) is 0.808. The number of aromatic nitrogens is 2. The van der Waals surface area contributed by atoms with E-state index in [4.69, 9.17) is 0 Å². The molecule has 0 saturated heterocycles. The van der Waals surface area contributed by atoms with Crippen LogP contribution in [0, 0.1) is 0 Å². The number of hydrogen-bond acceptors (Lipinski definition) is 3. The molecule has 0 aliphatic rings. The third kappa shape index (κ3) is 4.71. The van der Waals surface area contributed by atoms with Gasteiger partial charge < -0.3 is 5.11 Å². The number of aryl methyl sites for hydroxylation is 1. The molecule has 3 nitrogen and oxygen atoms in total. The number of aliphatic hydroxyl groups is 1. The number of aliphatic hydroxyl groups excluding tert-OH is 1. The average molecular weight is 228 g/mol. The second-order valence-electron chi connectivity index (χ2n) is 3.94. The maximum Gasteiger partial charge on any atom is 0.0672 e. The highest BCUT2D eigenvalue weighted by Gasteiger charge is 2.08. The summed E-state index contributed by atoms with van der Waals surface area (Å²) in [5, 5.41) is 14.5. The first-order valence-electron chi connectivity index (χ1n) is 5.42. The molecular weight excluding hydrogens is 208 g/mol. The van der Waals surface area contributed by atoms with Gasteiger partial charge in [0.1, 0.15) is 0 Å². The van der Waals surface area contributed by atoms with Gasteiger partial charge in [-0.05, 0) is 17.7 Å². The Balaban J connectivity index is 2.33. The van der Waals surface area contributed by atoms with E-state index in [1.54, 1.807) is 11.8 Å². The van der Waals surface area contributed by atoms with Crippen LogP contribution in [-0.2, 0) is 13.0 Å². The summed E-state index contributed by atoms with van der Waals surface area (Å²) < 4.78 is 1.89. The molecule has 4 heteroatoms. The molecule has 0 spiro atoms. The van der Waals surface area contributed by atoms with Gasteiger partial charge in [-0.25, -0.2) is 0 Å². The van der Waals surface area contributed by atoms with Crippen LogP contribution in [0.1, 0.15) is 26.3 Å². The molecule has 1 heterocycles. The lowest BCUT2D eigenvalue weighted by molar-refractivity contribution is 0.200. The van der Waals surface area contributed by atoms with E-state index in [9.17, 15) is 5.11 Å². The normalized spacial score (nSPS) is 13.4. The fraction of sp³-hybridized carbons (Fsp3) is 0.727. The first-order chi connectivity index (χ1) is 7.11. The molecule has 1 atom stereocenters. The van der Waals surface area contributed by atoms with Crippen LogP contribution >= 0.6 is 11.8 Å². The molecule has 1 aromatic rings. The maximum absolute atomic E-state index is 9.78. The van der Waals surface area contributed by atoms with E-state index in [1.165, 1.54) is 0 Å². The van der Waals surface area contributed by atoms with Crippen LogP contribution in [0.2, 0.25) is 0 Å². The Hall–Kier alpha value is -0.480. The highest BCUT2D eigenvalue weighted by Crippen LogP contribution is 2.13. The van der Waals surface area contributed by atoms with Crippen molar-refractivity contribution >= 4 is 11.8 Å². The molecule has 1 rings (SSSR count). The minimum atomic E-state index is -0.257. The van der Waals surface area contributed by atoms with Crippen molar-refractivity contribution in [1.29, 1.82) is 0 Å². The average Bonchev–Trinajstić information content (AvgIpc) is 2.62. The van der Waals surface area contributed by atoms with E-state index in [1.807, 2.05) is 17.1 Å². The van der Waals surface area contributed by atoms with Crippen LogP contribution < -0.4 is 0 Å². The summed E-state index contributed by atoms with van der Waals surface area (Å²) in [6, 6.07) is 0. The van der Waals surface area contributed by atoms with Crippen LogP contribution in [0.15, 0.2) is 12.4 Å². The lowest BCUT2D eigenvalue weighted by Gasteiger charge is -2.10. The number of nitrogens with zero attached hydrogens (tertiary/aromatic N) is 2. The van der Waals surface area contributed by atoms with Crippen molar-refractivity contribution in [3.63, 3.8) is 0 Å². The van der Waals surface area contributed by atoms with E-state index in [0.717, 1.165) is 17.9 Å². The predicted molar refractivity (Wildman–Crippen MR) is 65.2 cm³/mol. The molecule has 86 valence electrons. The van der Waals surface area contributed by atoms with Gasteiger partial charge in [-0.1, -0.05) is 13.8 Å². The second-order valence-corrected chi connectivity index (χ2v) is 5.55. The van der Waals surface area contributed by atoms with Crippen LogP contribution in [0.5, 0.6) is 0 Å². The Bertz CT molecular complexity index is 286. The van der Waals surface area contributed by atoms with Gasteiger partial charge >= 0.3 is 0 Å². The molecule has 0 fully saturated rings. The Morgan fingerprint density at radius 3 is 2.80 bits per heavy atom. The molecule has 1 unspecified atom stereocenters. The minimum absolute atomic E-state index is 0.257. The molecule has 0 saturated carbocycles. The Morgan fingerprint density at radius 1 is 1.53 bits per heavy atom. The molecule has 1 aromatic heterocycles. The summed E-state index contributed by atoms with van der Waals surface area (Å²) in [5.41, 5.74) is 1.12. The van der Waals surface area contributed by atoms with Crippen molar-refractivity contribution < 1.29 is 5.11 Å². The summed E-state index contributed by atoms with van der Waals surface area (Å²) in [6.45, 7) is 7.23. The second kappa shape index (κ2) is 6.18. The standard InChI is InChI=1S/C11H20N2OS/c1-4-13-7-10(6-12-13)5-11(14)8-15-9(2)3/h6-7,9,11,14H,4-5,8H2,1-3H3. The summed E-state index contributed by atoms with van der Waals surface area (Å²) in [7, 11) is 0. The molecule has 15 heavy (non-hydrogen) atoms. The summed E-state index contributed by atoms with van der Waals surface area (Å²) in [6.07, 6.45) is 4.29. The first-order valence-corrected chi connectivity index (χ1v) is 6.47. The third-order valence-corrected chi connectivity index (χ3v) is 3.35. The lowest BCUT2D eigenvalue weighted by atomic mass is 10.2. The molecule has 0 aliphatic heterocycles. The van der Waals surface area contributed by atoms with Crippen molar-refractivity contribution in [1.82, 2.24) is 9.78 Å². The SMILES string of the molecule is CCn1cc(CC(O)CSC(C)C)cn1. The van der Waals surface area contributed by atoms with E-state index < -0.39 is 0 Å². The van der Waals surface area contributed by atoms with Gasteiger partial charge in [0.05, 0.1) is 12.3 Å². The Labute approximate surface area is 95.9 Å². The van der Waals surface area contributed by atoms with Crippen LogP contribution in [0.3, 0.4) is 0 Å². The zero-order valence-electron chi connectivity index (χ0n) is 9.68. The maximum atomic E-state index is 9.78. The predicted octanol–water partition coefficient (Wildman–Crippen LogP) is 1.95. The van der Waals surface area contributed by atoms with Crippen molar-refractivity contribution in [2.24, 2.45) is 0 Å². The fourth-order valence-corrected chi connectivity index (χ4v) is 2.04. The van der Waals surface area contributed by atoms with Crippen LogP contribution in [0.25, 0.3) is 0 Å². The first kappa shape index (κ1) is 12.6. The molecule has 0 amide bonds.